The molecule has 6 nitrogen and oxygen atoms in total. The fraction of sp³-hybridized carbons (Fsp3) is 0.292. The first-order valence-electron chi connectivity index (χ1n) is 10.2. The standard InChI is InChI=1S/C24H23N3O3S/c1-14(28)20-21-17-7-5-6-8-18(17)30-24(20,2)25-23-27(21)22(29)19(31-23)13-15-9-11-16(12-10-15)26(3)4/h5-13,20-21H,1-4H3/b19-13-. The molecule has 5 rings (SSSR count). The van der Waals surface area contributed by atoms with E-state index in [-0.39, 0.29) is 11.3 Å². The number of thiazole rings is 1. The Hall–Kier alpha value is -3.19. The maximum absolute atomic E-state index is 13.5. The average Bonchev–Trinajstić information content (AvgIpc) is 3.01. The molecule has 158 valence electrons. The molecule has 3 atom stereocenters. The lowest BCUT2D eigenvalue weighted by Crippen LogP contribution is -2.58. The second-order valence-corrected chi connectivity index (χ2v) is 9.40. The van der Waals surface area contributed by atoms with E-state index < -0.39 is 17.7 Å². The Labute approximate surface area is 183 Å². The average molecular weight is 434 g/mol. The summed E-state index contributed by atoms with van der Waals surface area (Å²) in [6, 6.07) is 15.2. The van der Waals surface area contributed by atoms with Crippen LogP contribution >= 0.6 is 11.3 Å². The Bertz CT molecular complexity index is 1370. The first-order valence-corrected chi connectivity index (χ1v) is 11.0. The van der Waals surface area contributed by atoms with E-state index >= 15 is 0 Å². The maximum atomic E-state index is 13.5. The predicted molar refractivity (Wildman–Crippen MR) is 121 cm³/mol. The highest BCUT2D eigenvalue weighted by atomic mass is 32.1. The Morgan fingerprint density at radius 2 is 1.90 bits per heavy atom. The molecule has 3 unspecified atom stereocenters. The molecule has 0 aliphatic carbocycles. The van der Waals surface area contributed by atoms with Crippen molar-refractivity contribution in [2.24, 2.45) is 10.9 Å². The van der Waals surface area contributed by atoms with Crippen LogP contribution in [0.1, 0.15) is 31.0 Å². The highest BCUT2D eigenvalue weighted by molar-refractivity contribution is 7.07. The normalized spacial score (nSPS) is 23.9. The van der Waals surface area contributed by atoms with Crippen LogP contribution in [0.25, 0.3) is 6.08 Å². The van der Waals surface area contributed by atoms with Crippen molar-refractivity contribution in [3.8, 4) is 5.75 Å². The lowest BCUT2D eigenvalue weighted by atomic mass is 9.79. The predicted octanol–water partition coefficient (Wildman–Crippen LogP) is 2.34. The zero-order valence-electron chi connectivity index (χ0n) is 17.8. The van der Waals surface area contributed by atoms with Gasteiger partial charge in [0.25, 0.3) is 5.56 Å². The minimum atomic E-state index is -1.03. The lowest BCUT2D eigenvalue weighted by Gasteiger charge is -2.45. The third kappa shape index (κ3) is 3.03. The van der Waals surface area contributed by atoms with Crippen LogP contribution in [0.2, 0.25) is 0 Å². The summed E-state index contributed by atoms with van der Waals surface area (Å²) >= 11 is 1.34. The summed E-state index contributed by atoms with van der Waals surface area (Å²) < 4.78 is 8.48. The summed E-state index contributed by atoms with van der Waals surface area (Å²) in [7, 11) is 3.98. The van der Waals surface area contributed by atoms with E-state index in [0.29, 0.717) is 15.1 Å². The number of ether oxygens (including phenoxy) is 1. The SMILES string of the molecule is CC(=O)C1C2c3ccccc3OC1(C)N=c1s/c(=C\c3ccc(N(C)C)cc3)c(=O)n12. The van der Waals surface area contributed by atoms with Crippen molar-refractivity contribution in [3.63, 3.8) is 0 Å². The van der Waals surface area contributed by atoms with Crippen LogP contribution in [-0.4, -0.2) is 30.2 Å². The third-order valence-electron chi connectivity index (χ3n) is 6.02. The maximum Gasteiger partial charge on any atom is 0.270 e. The van der Waals surface area contributed by atoms with Gasteiger partial charge in [0, 0.05) is 25.3 Å². The Morgan fingerprint density at radius 3 is 2.58 bits per heavy atom. The molecule has 3 heterocycles. The molecule has 0 N–H and O–H groups in total. The number of aromatic nitrogens is 1. The van der Waals surface area contributed by atoms with Gasteiger partial charge in [-0.2, -0.15) is 0 Å². The quantitative estimate of drug-likeness (QED) is 0.636. The summed E-state index contributed by atoms with van der Waals surface area (Å²) in [5.41, 5.74) is 1.71. The molecule has 0 saturated carbocycles. The van der Waals surface area contributed by atoms with Gasteiger partial charge in [-0.05, 0) is 43.7 Å². The van der Waals surface area contributed by atoms with Crippen molar-refractivity contribution in [1.29, 1.82) is 0 Å². The highest BCUT2D eigenvalue weighted by Gasteiger charge is 2.53. The summed E-state index contributed by atoms with van der Waals surface area (Å²) in [6.07, 6.45) is 1.88. The van der Waals surface area contributed by atoms with E-state index in [1.165, 1.54) is 11.3 Å². The van der Waals surface area contributed by atoms with Crippen LogP contribution in [0.15, 0.2) is 58.3 Å². The van der Waals surface area contributed by atoms with E-state index in [1.54, 1.807) is 11.5 Å². The van der Waals surface area contributed by atoms with E-state index in [0.717, 1.165) is 16.8 Å². The molecular weight excluding hydrogens is 410 g/mol. The number of fused-ring (bicyclic) bond motifs is 6. The van der Waals surface area contributed by atoms with Gasteiger partial charge in [0.15, 0.2) is 4.80 Å². The molecule has 31 heavy (non-hydrogen) atoms. The molecule has 2 aromatic carbocycles. The van der Waals surface area contributed by atoms with E-state index in [2.05, 4.69) is 0 Å². The number of hydrogen-bond acceptors (Lipinski definition) is 6. The fourth-order valence-corrected chi connectivity index (χ4v) is 5.68. The second-order valence-electron chi connectivity index (χ2n) is 8.39. The van der Waals surface area contributed by atoms with Crippen LogP contribution in [0, 0.1) is 5.92 Å². The molecule has 0 spiro atoms. The first kappa shape index (κ1) is 19.8. The monoisotopic (exact) mass is 433 g/mol. The number of rotatable bonds is 3. The van der Waals surface area contributed by atoms with Crippen LogP contribution in [0.4, 0.5) is 5.69 Å². The van der Waals surface area contributed by atoms with E-state index in [9.17, 15) is 9.59 Å². The minimum absolute atomic E-state index is 0.0423. The van der Waals surface area contributed by atoms with Crippen LogP contribution in [-0.2, 0) is 4.79 Å². The van der Waals surface area contributed by atoms with Gasteiger partial charge >= 0.3 is 0 Å². The molecule has 0 fully saturated rings. The van der Waals surface area contributed by atoms with Gasteiger partial charge in [0.2, 0.25) is 5.72 Å². The molecule has 1 aromatic heterocycles. The number of Topliss-reactive ketones (excluding diaryl/α,β-unsaturated/α-hetero) is 1. The molecule has 2 aliphatic heterocycles. The fourth-order valence-electron chi connectivity index (χ4n) is 4.58. The Kier molecular flexibility index (Phi) is 4.41. The molecule has 3 aromatic rings. The van der Waals surface area contributed by atoms with Crippen molar-refractivity contribution in [3.05, 3.63) is 79.3 Å². The van der Waals surface area contributed by atoms with Gasteiger partial charge in [0.05, 0.1) is 10.6 Å². The summed E-state index contributed by atoms with van der Waals surface area (Å²) in [4.78, 5) is 33.6. The van der Waals surface area contributed by atoms with Crippen molar-refractivity contribution >= 4 is 28.9 Å². The van der Waals surface area contributed by atoms with Gasteiger partial charge in [-0.15, -0.1) is 0 Å². The minimum Gasteiger partial charge on any atom is -0.465 e. The number of ketones is 1. The van der Waals surface area contributed by atoms with Crippen molar-refractivity contribution in [2.45, 2.75) is 25.6 Å². The lowest BCUT2D eigenvalue weighted by molar-refractivity contribution is -0.132. The smallest absolute Gasteiger partial charge is 0.270 e. The van der Waals surface area contributed by atoms with Crippen LogP contribution in [0.3, 0.4) is 0 Å². The number of carbonyl (C=O) groups is 1. The second kappa shape index (κ2) is 6.92. The van der Waals surface area contributed by atoms with Gasteiger partial charge in [0.1, 0.15) is 17.5 Å². The Balaban J connectivity index is 1.73. The number of hydrogen-bond donors (Lipinski definition) is 0. The summed E-state index contributed by atoms with van der Waals surface area (Å²) in [5, 5.41) is 0. The first-order chi connectivity index (χ1) is 14.8. The highest BCUT2D eigenvalue weighted by Crippen LogP contribution is 2.47. The van der Waals surface area contributed by atoms with Crippen LogP contribution in [0.5, 0.6) is 5.75 Å². The number of benzene rings is 2. The molecule has 2 bridgehead atoms. The molecule has 7 heteroatoms. The van der Waals surface area contributed by atoms with E-state index in [1.807, 2.05) is 80.5 Å². The summed E-state index contributed by atoms with van der Waals surface area (Å²) in [5.74, 6) is 0.0681. The summed E-state index contributed by atoms with van der Waals surface area (Å²) in [6.45, 7) is 3.38. The number of anilines is 1. The molecular formula is C24H23N3O3S. The molecule has 0 radical (unpaired) electrons. The van der Waals surface area contributed by atoms with Crippen molar-refractivity contribution in [1.82, 2.24) is 4.57 Å². The molecule has 0 amide bonds. The molecule has 0 saturated heterocycles. The van der Waals surface area contributed by atoms with Gasteiger partial charge in [-0.3, -0.25) is 14.2 Å². The molecule has 2 aliphatic rings. The third-order valence-corrected chi connectivity index (χ3v) is 7.01. The zero-order valence-corrected chi connectivity index (χ0v) is 18.6. The van der Waals surface area contributed by atoms with Crippen molar-refractivity contribution in [2.75, 3.05) is 19.0 Å². The topological polar surface area (TPSA) is 63.9 Å². The number of carbonyl (C=O) groups excluding carboxylic acids is 1. The number of para-hydroxylation sites is 1. The Morgan fingerprint density at radius 1 is 1.19 bits per heavy atom. The largest absolute Gasteiger partial charge is 0.465 e. The van der Waals surface area contributed by atoms with E-state index in [4.69, 9.17) is 9.73 Å². The van der Waals surface area contributed by atoms with Gasteiger partial charge in [-0.1, -0.05) is 41.7 Å². The zero-order chi connectivity index (χ0) is 21.9. The van der Waals surface area contributed by atoms with Gasteiger partial charge in [-0.25, -0.2) is 4.99 Å². The van der Waals surface area contributed by atoms with Gasteiger partial charge < -0.3 is 9.64 Å². The van der Waals surface area contributed by atoms with Crippen LogP contribution < -0.4 is 24.5 Å². The number of nitrogens with zero attached hydrogens (tertiary/aromatic N) is 3. The van der Waals surface area contributed by atoms with Crippen molar-refractivity contribution < 1.29 is 9.53 Å².